The topological polar surface area (TPSA) is 18.5 Å². The minimum absolute atomic E-state index is 0.178. The maximum atomic E-state index is 5.70. The third-order valence-corrected chi connectivity index (χ3v) is 3.29. The van der Waals surface area contributed by atoms with E-state index in [9.17, 15) is 0 Å². The van der Waals surface area contributed by atoms with Crippen molar-refractivity contribution >= 4 is 6.08 Å². The molecule has 2 nitrogen and oxygen atoms in total. The molecule has 0 spiro atoms. The van der Waals surface area contributed by atoms with E-state index in [0.717, 1.165) is 19.6 Å². The summed E-state index contributed by atoms with van der Waals surface area (Å²) in [7, 11) is 0. The van der Waals surface area contributed by atoms with Crippen molar-refractivity contribution in [3.63, 3.8) is 0 Å². The summed E-state index contributed by atoms with van der Waals surface area (Å²) in [5, 5.41) is 0. The van der Waals surface area contributed by atoms with Gasteiger partial charge in [-0.25, -0.2) is 0 Å². The first kappa shape index (κ1) is 12.3. The maximum absolute atomic E-state index is 5.70. The highest BCUT2D eigenvalue weighted by Gasteiger charge is 2.29. The monoisotopic (exact) mass is 232 g/mol. The maximum Gasteiger partial charge on any atom is 0.177 e. The minimum atomic E-state index is -0.199. The van der Waals surface area contributed by atoms with Crippen LogP contribution in [0.15, 0.2) is 36.4 Å². The Hall–Kier alpha value is -1.12. The molecular weight excluding hydrogens is 212 g/mol. The molecule has 0 N–H and O–H groups in total. The second kappa shape index (κ2) is 5.48. The number of hydrogen-bond donors (Lipinski definition) is 0. The second-order valence-electron chi connectivity index (χ2n) is 4.92. The van der Waals surface area contributed by atoms with Gasteiger partial charge in [0, 0.05) is 5.41 Å². The lowest BCUT2D eigenvalue weighted by Gasteiger charge is -2.35. The average molecular weight is 232 g/mol. The molecule has 1 aliphatic heterocycles. The molecule has 1 aromatic carbocycles. The van der Waals surface area contributed by atoms with Crippen molar-refractivity contribution in [2.24, 2.45) is 5.41 Å². The Kier molecular flexibility index (Phi) is 3.97. The Bertz CT molecular complexity index is 362. The van der Waals surface area contributed by atoms with Gasteiger partial charge in [0.05, 0.1) is 13.2 Å². The van der Waals surface area contributed by atoms with Gasteiger partial charge in [-0.2, -0.15) is 0 Å². The zero-order valence-corrected chi connectivity index (χ0v) is 10.6. The first-order valence-electron chi connectivity index (χ1n) is 6.18. The van der Waals surface area contributed by atoms with Crippen LogP contribution in [0.4, 0.5) is 0 Å². The standard InChI is InChI=1S/C15H20O2/c1-3-15(2)11-16-14(17-12-15)10-9-13-7-5-4-6-8-13/h4-10,14H,3,11-12H2,1-2H3/b10-9+. The molecule has 0 amide bonds. The van der Waals surface area contributed by atoms with Gasteiger partial charge in [0.1, 0.15) is 0 Å². The van der Waals surface area contributed by atoms with E-state index in [0.29, 0.717) is 0 Å². The molecule has 0 bridgehead atoms. The SMILES string of the molecule is CCC1(C)COC(/C=C/c2ccccc2)OC1. The van der Waals surface area contributed by atoms with E-state index in [-0.39, 0.29) is 11.7 Å². The molecule has 0 radical (unpaired) electrons. The summed E-state index contributed by atoms with van der Waals surface area (Å²) in [5.74, 6) is 0. The molecule has 1 aromatic rings. The average Bonchev–Trinajstić information content (AvgIpc) is 2.39. The predicted octanol–water partition coefficient (Wildman–Crippen LogP) is 3.49. The van der Waals surface area contributed by atoms with Gasteiger partial charge < -0.3 is 9.47 Å². The van der Waals surface area contributed by atoms with Crippen LogP contribution in [0, 0.1) is 5.41 Å². The van der Waals surface area contributed by atoms with E-state index >= 15 is 0 Å². The number of hydrogen-bond acceptors (Lipinski definition) is 2. The van der Waals surface area contributed by atoms with Crippen LogP contribution in [-0.2, 0) is 9.47 Å². The van der Waals surface area contributed by atoms with Crippen LogP contribution in [0.25, 0.3) is 6.08 Å². The highest BCUT2D eigenvalue weighted by atomic mass is 16.7. The van der Waals surface area contributed by atoms with Crippen LogP contribution in [0.1, 0.15) is 25.8 Å². The normalized spacial score (nSPS) is 29.6. The molecule has 0 saturated carbocycles. The van der Waals surface area contributed by atoms with Gasteiger partial charge >= 0.3 is 0 Å². The van der Waals surface area contributed by atoms with Crippen LogP contribution >= 0.6 is 0 Å². The zero-order chi connectivity index (χ0) is 12.1. The van der Waals surface area contributed by atoms with E-state index in [1.807, 2.05) is 30.4 Å². The molecule has 1 saturated heterocycles. The van der Waals surface area contributed by atoms with Crippen molar-refractivity contribution in [3.05, 3.63) is 42.0 Å². The van der Waals surface area contributed by atoms with Crippen molar-refractivity contribution in [1.82, 2.24) is 0 Å². The summed E-state index contributed by atoms with van der Waals surface area (Å²) in [6, 6.07) is 10.2. The van der Waals surface area contributed by atoms with Gasteiger partial charge in [0.15, 0.2) is 6.29 Å². The van der Waals surface area contributed by atoms with Crippen LogP contribution in [0.2, 0.25) is 0 Å². The molecule has 0 aromatic heterocycles. The number of ether oxygens (including phenoxy) is 2. The van der Waals surface area contributed by atoms with E-state index in [1.165, 1.54) is 5.56 Å². The molecule has 1 heterocycles. The van der Waals surface area contributed by atoms with Gasteiger partial charge in [-0.05, 0) is 18.1 Å². The highest BCUT2D eigenvalue weighted by Crippen LogP contribution is 2.27. The van der Waals surface area contributed by atoms with Crippen molar-refractivity contribution < 1.29 is 9.47 Å². The summed E-state index contributed by atoms with van der Waals surface area (Å²) >= 11 is 0. The zero-order valence-electron chi connectivity index (χ0n) is 10.6. The lowest BCUT2D eigenvalue weighted by molar-refractivity contribution is -0.202. The van der Waals surface area contributed by atoms with Crippen molar-refractivity contribution in [2.45, 2.75) is 26.6 Å². The van der Waals surface area contributed by atoms with Crippen LogP contribution in [0.5, 0.6) is 0 Å². The molecule has 2 rings (SSSR count). The van der Waals surface area contributed by atoms with E-state index in [4.69, 9.17) is 9.47 Å². The van der Waals surface area contributed by atoms with Gasteiger partial charge in [-0.3, -0.25) is 0 Å². The van der Waals surface area contributed by atoms with Crippen LogP contribution in [0.3, 0.4) is 0 Å². The Morgan fingerprint density at radius 2 is 1.88 bits per heavy atom. The lowest BCUT2D eigenvalue weighted by Crippen LogP contribution is -2.38. The smallest absolute Gasteiger partial charge is 0.177 e. The van der Waals surface area contributed by atoms with Gasteiger partial charge in [0.25, 0.3) is 0 Å². The summed E-state index contributed by atoms with van der Waals surface area (Å²) in [4.78, 5) is 0. The summed E-state index contributed by atoms with van der Waals surface area (Å²) in [6.45, 7) is 5.91. The first-order chi connectivity index (χ1) is 8.22. The molecule has 1 fully saturated rings. The predicted molar refractivity (Wildman–Crippen MR) is 69.6 cm³/mol. The fourth-order valence-electron chi connectivity index (χ4n) is 1.73. The Balaban J connectivity index is 1.88. The molecule has 0 atom stereocenters. The minimum Gasteiger partial charge on any atom is -0.348 e. The van der Waals surface area contributed by atoms with Crippen LogP contribution in [-0.4, -0.2) is 19.5 Å². The molecule has 2 heteroatoms. The Morgan fingerprint density at radius 1 is 1.24 bits per heavy atom. The summed E-state index contributed by atoms with van der Waals surface area (Å²) in [5.41, 5.74) is 1.35. The number of rotatable bonds is 3. The van der Waals surface area contributed by atoms with Crippen molar-refractivity contribution in [2.75, 3.05) is 13.2 Å². The highest BCUT2D eigenvalue weighted by molar-refractivity contribution is 5.48. The molecular formula is C15H20O2. The first-order valence-corrected chi connectivity index (χ1v) is 6.18. The third-order valence-electron chi connectivity index (χ3n) is 3.29. The van der Waals surface area contributed by atoms with E-state index < -0.39 is 0 Å². The van der Waals surface area contributed by atoms with E-state index in [1.54, 1.807) is 0 Å². The quantitative estimate of drug-likeness (QED) is 0.794. The Labute approximate surface area is 103 Å². The van der Waals surface area contributed by atoms with Crippen molar-refractivity contribution in [3.8, 4) is 0 Å². The summed E-state index contributed by atoms with van der Waals surface area (Å²) in [6.07, 6.45) is 4.90. The van der Waals surface area contributed by atoms with E-state index in [2.05, 4.69) is 26.0 Å². The van der Waals surface area contributed by atoms with Gasteiger partial charge in [-0.15, -0.1) is 0 Å². The number of benzene rings is 1. The van der Waals surface area contributed by atoms with Gasteiger partial charge in [-0.1, -0.05) is 50.3 Å². The third kappa shape index (κ3) is 3.42. The Morgan fingerprint density at radius 3 is 2.47 bits per heavy atom. The fraction of sp³-hybridized carbons (Fsp3) is 0.467. The lowest BCUT2D eigenvalue weighted by atomic mass is 9.89. The molecule has 17 heavy (non-hydrogen) atoms. The fourth-order valence-corrected chi connectivity index (χ4v) is 1.73. The molecule has 0 aliphatic carbocycles. The van der Waals surface area contributed by atoms with Gasteiger partial charge in [0.2, 0.25) is 0 Å². The summed E-state index contributed by atoms with van der Waals surface area (Å²) < 4.78 is 11.4. The molecule has 0 unspecified atom stereocenters. The van der Waals surface area contributed by atoms with Crippen molar-refractivity contribution in [1.29, 1.82) is 0 Å². The molecule has 1 aliphatic rings. The molecule has 92 valence electrons. The van der Waals surface area contributed by atoms with Crippen LogP contribution < -0.4 is 0 Å². The second-order valence-corrected chi connectivity index (χ2v) is 4.92. The largest absolute Gasteiger partial charge is 0.348 e.